The number of aliphatic carboxylic acids is 1. The largest absolute Gasteiger partial charge is 0.481 e. The van der Waals surface area contributed by atoms with E-state index in [1.807, 2.05) is 0 Å². The van der Waals surface area contributed by atoms with Crippen molar-refractivity contribution in [1.29, 1.82) is 0 Å². The molecule has 1 saturated carbocycles. The second kappa shape index (κ2) is 7.07. The number of non-ortho nitro benzene ring substituents is 1. The van der Waals surface area contributed by atoms with Crippen LogP contribution >= 0.6 is 0 Å². The fourth-order valence-corrected chi connectivity index (χ4v) is 3.54. The van der Waals surface area contributed by atoms with E-state index in [1.165, 1.54) is 24.4 Å². The Morgan fingerprint density at radius 1 is 1.23 bits per heavy atom. The van der Waals surface area contributed by atoms with Gasteiger partial charge in [-0.2, -0.15) is 0 Å². The van der Waals surface area contributed by atoms with Crippen molar-refractivity contribution >= 4 is 28.5 Å². The van der Waals surface area contributed by atoms with Crippen molar-refractivity contribution in [3.05, 3.63) is 46.1 Å². The fraction of sp³-hybridized carbons (Fsp3) is 0.389. The van der Waals surface area contributed by atoms with Crippen LogP contribution in [0.25, 0.3) is 10.9 Å². The van der Waals surface area contributed by atoms with Gasteiger partial charge in [0.2, 0.25) is 0 Å². The molecular formula is C18H19N3O5. The minimum absolute atomic E-state index is 0.0342. The number of nitrogens with one attached hydrogen (secondary N) is 1. The molecule has 1 amide bonds. The van der Waals surface area contributed by atoms with Gasteiger partial charge in [0, 0.05) is 18.8 Å². The number of rotatable bonds is 5. The number of carboxylic acid groups (broad SMARTS) is 1. The molecule has 1 heterocycles. The van der Waals surface area contributed by atoms with Gasteiger partial charge in [0.1, 0.15) is 0 Å². The van der Waals surface area contributed by atoms with E-state index in [1.54, 1.807) is 6.07 Å². The van der Waals surface area contributed by atoms with Crippen molar-refractivity contribution < 1.29 is 19.6 Å². The molecule has 0 atom stereocenters. The number of nitro benzene ring substituents is 1. The van der Waals surface area contributed by atoms with Gasteiger partial charge in [-0.15, -0.1) is 0 Å². The van der Waals surface area contributed by atoms with Crippen molar-refractivity contribution in [3.63, 3.8) is 0 Å². The highest BCUT2D eigenvalue weighted by Crippen LogP contribution is 2.36. The van der Waals surface area contributed by atoms with Gasteiger partial charge in [-0.25, -0.2) is 0 Å². The lowest BCUT2D eigenvalue weighted by Crippen LogP contribution is -2.44. The molecule has 3 rings (SSSR count). The number of pyridine rings is 1. The van der Waals surface area contributed by atoms with Gasteiger partial charge in [-0.3, -0.25) is 24.7 Å². The Balaban J connectivity index is 1.88. The molecule has 1 fully saturated rings. The average molecular weight is 357 g/mol. The van der Waals surface area contributed by atoms with Gasteiger partial charge in [-0.1, -0.05) is 19.3 Å². The van der Waals surface area contributed by atoms with Crippen molar-refractivity contribution in [2.75, 3.05) is 6.54 Å². The minimum Gasteiger partial charge on any atom is -0.481 e. The number of fused-ring (bicyclic) bond motifs is 1. The highest BCUT2D eigenvalue weighted by molar-refractivity contribution is 6.07. The molecule has 0 aliphatic heterocycles. The second-order valence-corrected chi connectivity index (χ2v) is 6.62. The molecule has 0 spiro atoms. The summed E-state index contributed by atoms with van der Waals surface area (Å²) in [6.45, 7) is 0.0342. The third-order valence-electron chi connectivity index (χ3n) is 5.04. The van der Waals surface area contributed by atoms with Crippen molar-refractivity contribution in [2.45, 2.75) is 32.1 Å². The number of hydrogen-bond acceptors (Lipinski definition) is 5. The third kappa shape index (κ3) is 3.22. The third-order valence-corrected chi connectivity index (χ3v) is 5.04. The summed E-state index contributed by atoms with van der Waals surface area (Å²) < 4.78 is 0. The van der Waals surface area contributed by atoms with Crippen LogP contribution in [0.4, 0.5) is 5.69 Å². The van der Waals surface area contributed by atoms with Gasteiger partial charge in [0.15, 0.2) is 0 Å². The molecule has 1 aromatic heterocycles. The molecule has 2 aromatic rings. The standard InChI is InChI=1S/C18H19N3O5/c22-16(20-11-18(17(23)24)8-2-1-3-9-18)13-6-7-14(21(25)26)12-5-4-10-19-15(12)13/h4-7,10H,1-3,8-9,11H2,(H,20,22)(H,23,24). The number of benzene rings is 1. The number of hydrogen-bond donors (Lipinski definition) is 2. The topological polar surface area (TPSA) is 122 Å². The molecule has 0 bridgehead atoms. The minimum atomic E-state index is -0.947. The summed E-state index contributed by atoms with van der Waals surface area (Å²) in [5.41, 5.74) is -0.647. The summed E-state index contributed by atoms with van der Waals surface area (Å²) in [4.78, 5) is 39.1. The zero-order valence-electron chi connectivity index (χ0n) is 14.1. The molecule has 0 radical (unpaired) electrons. The fourth-order valence-electron chi connectivity index (χ4n) is 3.54. The van der Waals surface area contributed by atoms with Crippen LogP contribution < -0.4 is 5.32 Å². The number of nitro groups is 1. The number of carbonyl (C=O) groups excluding carboxylic acids is 1. The molecule has 1 aliphatic rings. The van der Waals surface area contributed by atoms with Crippen LogP contribution in [0.1, 0.15) is 42.5 Å². The molecule has 136 valence electrons. The number of aromatic nitrogens is 1. The lowest BCUT2D eigenvalue weighted by molar-refractivity contribution is -0.383. The number of carbonyl (C=O) groups is 2. The van der Waals surface area contributed by atoms with Gasteiger partial charge < -0.3 is 10.4 Å². The highest BCUT2D eigenvalue weighted by Gasteiger charge is 2.40. The maximum atomic E-state index is 12.6. The molecule has 8 nitrogen and oxygen atoms in total. The van der Waals surface area contributed by atoms with Crippen LogP contribution in [0.3, 0.4) is 0 Å². The van der Waals surface area contributed by atoms with Crippen molar-refractivity contribution in [3.8, 4) is 0 Å². The first kappa shape index (κ1) is 17.8. The summed E-state index contributed by atoms with van der Waals surface area (Å²) in [5.74, 6) is -1.38. The van der Waals surface area contributed by atoms with Crippen LogP contribution in [0.2, 0.25) is 0 Å². The normalized spacial score (nSPS) is 16.2. The average Bonchev–Trinajstić information content (AvgIpc) is 2.65. The molecule has 26 heavy (non-hydrogen) atoms. The lowest BCUT2D eigenvalue weighted by atomic mass is 9.74. The zero-order valence-corrected chi connectivity index (χ0v) is 14.1. The first-order chi connectivity index (χ1) is 12.4. The second-order valence-electron chi connectivity index (χ2n) is 6.62. The van der Waals surface area contributed by atoms with E-state index in [4.69, 9.17) is 0 Å². The Hall–Kier alpha value is -3.03. The predicted molar refractivity (Wildman–Crippen MR) is 93.9 cm³/mol. The van der Waals surface area contributed by atoms with Crippen LogP contribution in [-0.4, -0.2) is 33.4 Å². The SMILES string of the molecule is O=C(NCC1(C(=O)O)CCCCC1)c1ccc([N+](=O)[O-])c2cccnc12. The summed E-state index contributed by atoms with van der Waals surface area (Å²) in [6, 6.07) is 5.74. The highest BCUT2D eigenvalue weighted by atomic mass is 16.6. The summed E-state index contributed by atoms with van der Waals surface area (Å²) in [6.07, 6.45) is 5.17. The van der Waals surface area contributed by atoms with E-state index < -0.39 is 22.2 Å². The molecule has 8 heteroatoms. The Kier molecular flexibility index (Phi) is 4.83. The van der Waals surface area contributed by atoms with E-state index in [-0.39, 0.29) is 28.7 Å². The molecular weight excluding hydrogens is 338 g/mol. The van der Waals surface area contributed by atoms with Crippen LogP contribution in [-0.2, 0) is 4.79 Å². The van der Waals surface area contributed by atoms with E-state index in [9.17, 15) is 24.8 Å². The first-order valence-electron chi connectivity index (χ1n) is 8.48. The predicted octanol–water partition coefficient (Wildman–Crippen LogP) is 2.91. The Labute approximate surface area is 149 Å². The van der Waals surface area contributed by atoms with Gasteiger partial charge >= 0.3 is 5.97 Å². The maximum Gasteiger partial charge on any atom is 0.311 e. The van der Waals surface area contributed by atoms with Gasteiger partial charge in [0.25, 0.3) is 11.6 Å². The molecule has 2 N–H and O–H groups in total. The van der Waals surface area contributed by atoms with Crippen LogP contribution in [0.15, 0.2) is 30.5 Å². The molecule has 0 unspecified atom stereocenters. The Morgan fingerprint density at radius 3 is 2.62 bits per heavy atom. The van der Waals surface area contributed by atoms with Crippen molar-refractivity contribution in [1.82, 2.24) is 10.3 Å². The van der Waals surface area contributed by atoms with Crippen LogP contribution in [0.5, 0.6) is 0 Å². The molecule has 0 saturated heterocycles. The monoisotopic (exact) mass is 357 g/mol. The smallest absolute Gasteiger partial charge is 0.311 e. The molecule has 1 aromatic carbocycles. The molecule has 1 aliphatic carbocycles. The quantitative estimate of drug-likeness (QED) is 0.626. The van der Waals surface area contributed by atoms with Gasteiger partial charge in [-0.05, 0) is 31.0 Å². The van der Waals surface area contributed by atoms with Crippen LogP contribution in [0, 0.1) is 15.5 Å². The zero-order chi connectivity index (χ0) is 18.7. The lowest BCUT2D eigenvalue weighted by Gasteiger charge is -2.33. The van der Waals surface area contributed by atoms with Crippen molar-refractivity contribution in [2.24, 2.45) is 5.41 Å². The van der Waals surface area contributed by atoms with E-state index in [0.29, 0.717) is 12.8 Å². The summed E-state index contributed by atoms with van der Waals surface area (Å²) >= 11 is 0. The number of nitrogens with zero attached hydrogens (tertiary/aromatic N) is 2. The van der Waals surface area contributed by atoms with E-state index >= 15 is 0 Å². The van der Waals surface area contributed by atoms with E-state index in [2.05, 4.69) is 10.3 Å². The Bertz CT molecular complexity index is 874. The maximum absolute atomic E-state index is 12.6. The Morgan fingerprint density at radius 2 is 1.96 bits per heavy atom. The first-order valence-corrected chi connectivity index (χ1v) is 8.48. The summed E-state index contributed by atoms with van der Waals surface area (Å²) in [5, 5.41) is 23.7. The number of amides is 1. The van der Waals surface area contributed by atoms with Gasteiger partial charge in [0.05, 0.1) is 26.8 Å². The number of carboxylic acids is 1. The van der Waals surface area contributed by atoms with E-state index in [0.717, 1.165) is 19.3 Å². The summed E-state index contributed by atoms with van der Waals surface area (Å²) in [7, 11) is 0.